The lowest BCUT2D eigenvalue weighted by Gasteiger charge is -2.19. The van der Waals surface area contributed by atoms with Gasteiger partial charge in [0.1, 0.15) is 5.75 Å². The molecule has 2 aromatic rings. The highest BCUT2D eigenvalue weighted by Crippen LogP contribution is 2.22. The first-order valence-corrected chi connectivity index (χ1v) is 6.89. The standard InChI is InChI=1S/C17H22N2O/c1-19(15-8-4-3-5-9-15)12-6-7-14-10-11-17(20-2)16(18)13-14/h3-5,8-11,13H,6-7,12,18H2,1-2H3. The van der Waals surface area contributed by atoms with Crippen molar-refractivity contribution < 1.29 is 4.74 Å². The Morgan fingerprint density at radius 1 is 1.10 bits per heavy atom. The molecule has 2 aromatic carbocycles. The van der Waals surface area contributed by atoms with Crippen LogP contribution in [0.3, 0.4) is 0 Å². The second-order valence-corrected chi connectivity index (χ2v) is 4.94. The van der Waals surface area contributed by atoms with Gasteiger partial charge in [0.2, 0.25) is 0 Å². The summed E-state index contributed by atoms with van der Waals surface area (Å²) in [6.45, 7) is 1.02. The molecular weight excluding hydrogens is 248 g/mol. The molecule has 0 radical (unpaired) electrons. The van der Waals surface area contributed by atoms with Crippen molar-refractivity contribution in [3.8, 4) is 5.75 Å². The largest absolute Gasteiger partial charge is 0.495 e. The van der Waals surface area contributed by atoms with Gasteiger partial charge in [-0.3, -0.25) is 0 Å². The molecule has 0 amide bonds. The molecule has 0 aliphatic heterocycles. The van der Waals surface area contributed by atoms with Gasteiger partial charge in [-0.2, -0.15) is 0 Å². The maximum atomic E-state index is 5.92. The molecule has 0 aliphatic rings. The molecule has 0 aliphatic carbocycles. The van der Waals surface area contributed by atoms with Crippen LogP contribution in [-0.4, -0.2) is 20.7 Å². The van der Waals surface area contributed by atoms with Gasteiger partial charge in [-0.1, -0.05) is 24.3 Å². The lowest BCUT2D eigenvalue weighted by atomic mass is 10.1. The summed E-state index contributed by atoms with van der Waals surface area (Å²) < 4.78 is 5.17. The summed E-state index contributed by atoms with van der Waals surface area (Å²) in [6, 6.07) is 16.4. The number of nitrogen functional groups attached to an aromatic ring is 1. The number of anilines is 2. The van der Waals surface area contributed by atoms with Crippen molar-refractivity contribution in [3.63, 3.8) is 0 Å². The molecule has 0 saturated heterocycles. The molecule has 106 valence electrons. The number of ether oxygens (including phenoxy) is 1. The second-order valence-electron chi connectivity index (χ2n) is 4.94. The molecule has 0 spiro atoms. The van der Waals surface area contributed by atoms with Gasteiger partial charge >= 0.3 is 0 Å². The van der Waals surface area contributed by atoms with Crippen molar-refractivity contribution in [1.82, 2.24) is 0 Å². The number of nitrogens with two attached hydrogens (primary N) is 1. The molecule has 2 rings (SSSR count). The third-order valence-corrected chi connectivity index (χ3v) is 3.45. The predicted octanol–water partition coefficient (Wildman–Crippen LogP) is 3.35. The highest BCUT2D eigenvalue weighted by Gasteiger charge is 2.03. The first-order valence-electron chi connectivity index (χ1n) is 6.89. The first kappa shape index (κ1) is 14.3. The van der Waals surface area contributed by atoms with Crippen LogP contribution in [0.5, 0.6) is 5.75 Å². The Hall–Kier alpha value is -2.16. The summed E-state index contributed by atoms with van der Waals surface area (Å²) in [7, 11) is 3.76. The van der Waals surface area contributed by atoms with Gasteiger partial charge in [-0.15, -0.1) is 0 Å². The molecule has 0 fully saturated rings. The number of rotatable bonds is 6. The Balaban J connectivity index is 1.85. The third kappa shape index (κ3) is 3.67. The molecule has 0 aromatic heterocycles. The Bertz CT molecular complexity index is 540. The number of hydrogen-bond donors (Lipinski definition) is 1. The minimum absolute atomic E-state index is 0.710. The van der Waals surface area contributed by atoms with Gasteiger partial charge < -0.3 is 15.4 Å². The van der Waals surface area contributed by atoms with E-state index in [-0.39, 0.29) is 0 Å². The zero-order valence-corrected chi connectivity index (χ0v) is 12.2. The summed E-state index contributed by atoms with van der Waals surface area (Å²) in [5.74, 6) is 0.746. The maximum absolute atomic E-state index is 5.92. The summed E-state index contributed by atoms with van der Waals surface area (Å²) in [6.07, 6.45) is 2.11. The molecule has 2 N–H and O–H groups in total. The number of aryl methyl sites for hydroxylation is 1. The highest BCUT2D eigenvalue weighted by molar-refractivity contribution is 5.54. The molecule has 20 heavy (non-hydrogen) atoms. The van der Waals surface area contributed by atoms with E-state index < -0.39 is 0 Å². The Labute approximate surface area is 121 Å². The number of hydrogen-bond acceptors (Lipinski definition) is 3. The zero-order valence-electron chi connectivity index (χ0n) is 12.2. The van der Waals surface area contributed by atoms with Gasteiger partial charge in [-0.05, 0) is 42.7 Å². The lowest BCUT2D eigenvalue weighted by molar-refractivity contribution is 0.417. The highest BCUT2D eigenvalue weighted by atomic mass is 16.5. The molecular formula is C17H22N2O. The SMILES string of the molecule is COc1ccc(CCCN(C)c2ccccc2)cc1N. The maximum Gasteiger partial charge on any atom is 0.141 e. The number of nitrogens with zero attached hydrogens (tertiary/aromatic N) is 1. The zero-order chi connectivity index (χ0) is 14.4. The molecule has 0 atom stereocenters. The quantitative estimate of drug-likeness (QED) is 0.818. The summed E-state index contributed by atoms with van der Waals surface area (Å²) in [5, 5.41) is 0. The molecule has 0 saturated carbocycles. The minimum Gasteiger partial charge on any atom is -0.495 e. The van der Waals surface area contributed by atoms with Crippen LogP contribution in [0.15, 0.2) is 48.5 Å². The minimum atomic E-state index is 0.710. The van der Waals surface area contributed by atoms with E-state index in [0.29, 0.717) is 5.69 Å². The smallest absolute Gasteiger partial charge is 0.141 e. The van der Waals surface area contributed by atoms with Crippen molar-refractivity contribution in [2.75, 3.05) is 31.3 Å². The van der Waals surface area contributed by atoms with Gasteiger partial charge in [0.25, 0.3) is 0 Å². The monoisotopic (exact) mass is 270 g/mol. The van der Waals surface area contributed by atoms with Crippen LogP contribution in [0.2, 0.25) is 0 Å². The topological polar surface area (TPSA) is 38.5 Å². The van der Waals surface area contributed by atoms with E-state index in [4.69, 9.17) is 10.5 Å². The fourth-order valence-electron chi connectivity index (χ4n) is 2.27. The molecule has 0 unspecified atom stereocenters. The predicted molar refractivity (Wildman–Crippen MR) is 85.4 cm³/mol. The number of methoxy groups -OCH3 is 1. The third-order valence-electron chi connectivity index (χ3n) is 3.45. The van der Waals surface area contributed by atoms with Crippen molar-refractivity contribution >= 4 is 11.4 Å². The van der Waals surface area contributed by atoms with Crippen LogP contribution in [0.1, 0.15) is 12.0 Å². The van der Waals surface area contributed by atoms with Crippen molar-refractivity contribution in [3.05, 3.63) is 54.1 Å². The normalized spacial score (nSPS) is 10.3. The van der Waals surface area contributed by atoms with Gasteiger partial charge in [0.05, 0.1) is 12.8 Å². The van der Waals surface area contributed by atoms with Crippen LogP contribution in [0, 0.1) is 0 Å². The number of benzene rings is 2. The van der Waals surface area contributed by atoms with Gasteiger partial charge in [0.15, 0.2) is 0 Å². The van der Waals surface area contributed by atoms with Crippen LogP contribution >= 0.6 is 0 Å². The second kappa shape index (κ2) is 6.85. The van der Waals surface area contributed by atoms with Crippen molar-refractivity contribution in [1.29, 1.82) is 0 Å². The van der Waals surface area contributed by atoms with Crippen LogP contribution in [0.25, 0.3) is 0 Å². The Morgan fingerprint density at radius 3 is 2.50 bits per heavy atom. The summed E-state index contributed by atoms with van der Waals surface area (Å²) in [5.41, 5.74) is 9.13. The fraction of sp³-hybridized carbons (Fsp3) is 0.294. The molecule has 0 heterocycles. The Morgan fingerprint density at radius 2 is 1.85 bits per heavy atom. The van der Waals surface area contributed by atoms with Crippen LogP contribution < -0.4 is 15.4 Å². The summed E-state index contributed by atoms with van der Waals surface area (Å²) in [4.78, 5) is 2.27. The van der Waals surface area contributed by atoms with E-state index in [9.17, 15) is 0 Å². The molecule has 3 nitrogen and oxygen atoms in total. The van der Waals surface area contributed by atoms with Gasteiger partial charge in [-0.25, -0.2) is 0 Å². The van der Waals surface area contributed by atoms with E-state index in [0.717, 1.165) is 25.1 Å². The van der Waals surface area contributed by atoms with E-state index in [2.05, 4.69) is 42.3 Å². The average Bonchev–Trinajstić information content (AvgIpc) is 2.48. The van der Waals surface area contributed by atoms with Crippen LogP contribution in [0.4, 0.5) is 11.4 Å². The van der Waals surface area contributed by atoms with E-state index in [1.165, 1.54) is 11.3 Å². The first-order chi connectivity index (χ1) is 9.70. The van der Waals surface area contributed by atoms with E-state index in [1.54, 1.807) is 7.11 Å². The molecule has 3 heteroatoms. The van der Waals surface area contributed by atoms with Gasteiger partial charge in [0, 0.05) is 19.3 Å². The number of para-hydroxylation sites is 1. The van der Waals surface area contributed by atoms with Crippen molar-refractivity contribution in [2.45, 2.75) is 12.8 Å². The average molecular weight is 270 g/mol. The molecule has 0 bridgehead atoms. The fourth-order valence-corrected chi connectivity index (χ4v) is 2.27. The van der Waals surface area contributed by atoms with Crippen molar-refractivity contribution in [2.24, 2.45) is 0 Å². The van der Waals surface area contributed by atoms with Crippen LogP contribution in [-0.2, 0) is 6.42 Å². The van der Waals surface area contributed by atoms with E-state index >= 15 is 0 Å². The van der Waals surface area contributed by atoms with E-state index in [1.807, 2.05) is 18.2 Å². The lowest BCUT2D eigenvalue weighted by Crippen LogP contribution is -2.18. The summed E-state index contributed by atoms with van der Waals surface area (Å²) >= 11 is 0. The Kier molecular flexibility index (Phi) is 4.88.